The van der Waals surface area contributed by atoms with Crippen LogP contribution in [0.2, 0.25) is 0 Å². The Hall–Kier alpha value is -2.93. The van der Waals surface area contributed by atoms with Gasteiger partial charge in [0.1, 0.15) is 6.04 Å². The van der Waals surface area contributed by atoms with Gasteiger partial charge in [0.25, 0.3) is 0 Å². The van der Waals surface area contributed by atoms with Crippen molar-refractivity contribution >= 4 is 27.8 Å². The number of hydrogen-bond acceptors (Lipinski definition) is 4. The first-order valence-corrected chi connectivity index (χ1v) is 8.89. The van der Waals surface area contributed by atoms with Crippen molar-refractivity contribution in [3.8, 4) is 11.4 Å². The van der Waals surface area contributed by atoms with E-state index in [9.17, 15) is 4.79 Å². The zero-order chi connectivity index (χ0) is 18.3. The number of amides is 1. The van der Waals surface area contributed by atoms with Crippen LogP contribution >= 0.6 is 15.9 Å². The van der Waals surface area contributed by atoms with E-state index in [0.29, 0.717) is 23.0 Å². The third-order valence-corrected chi connectivity index (χ3v) is 4.86. The van der Waals surface area contributed by atoms with Crippen LogP contribution in [0.15, 0.2) is 70.3 Å². The lowest BCUT2D eigenvalue weighted by Crippen LogP contribution is -2.31. The third-order valence-electron chi connectivity index (χ3n) is 4.34. The predicted octanol–water partition coefficient (Wildman–Crippen LogP) is 3.48. The number of nitrogens with one attached hydrogen (secondary N) is 1. The number of anilines is 1. The maximum absolute atomic E-state index is 12.2. The Kier molecular flexibility index (Phi) is 4.08. The van der Waals surface area contributed by atoms with Crippen molar-refractivity contribution < 1.29 is 4.79 Å². The van der Waals surface area contributed by atoms with Crippen LogP contribution in [-0.4, -0.2) is 20.7 Å². The van der Waals surface area contributed by atoms with Crippen molar-refractivity contribution in [1.29, 1.82) is 0 Å². The largest absolute Gasteiger partial charge is 0.366 e. The quantitative estimate of drug-likeness (QED) is 0.692. The number of allylic oxidation sites excluding steroid dienone is 1. The average molecular weight is 410 g/mol. The van der Waals surface area contributed by atoms with E-state index >= 15 is 0 Å². The molecule has 0 radical (unpaired) electrons. The number of aromatic nitrogens is 3. The Morgan fingerprint density at radius 3 is 2.50 bits per heavy atom. The van der Waals surface area contributed by atoms with E-state index in [2.05, 4.69) is 31.3 Å². The predicted molar refractivity (Wildman–Crippen MR) is 103 cm³/mol. The SMILES string of the molecule is CC1=C(C(N)=O)[C@H](c2ccc(Br)cc2)n2nc(-c3ccccc3)nc2N1. The lowest BCUT2D eigenvalue weighted by Gasteiger charge is -2.27. The topological polar surface area (TPSA) is 85.8 Å². The Morgan fingerprint density at radius 1 is 1.15 bits per heavy atom. The second kappa shape index (κ2) is 6.42. The second-order valence-corrected chi connectivity index (χ2v) is 6.97. The monoisotopic (exact) mass is 409 g/mol. The highest BCUT2D eigenvalue weighted by Crippen LogP contribution is 2.36. The van der Waals surface area contributed by atoms with Gasteiger partial charge in [-0.15, -0.1) is 5.10 Å². The fourth-order valence-corrected chi connectivity index (χ4v) is 3.40. The zero-order valence-corrected chi connectivity index (χ0v) is 15.6. The van der Waals surface area contributed by atoms with Gasteiger partial charge in [-0.05, 0) is 24.6 Å². The Balaban J connectivity index is 1.88. The van der Waals surface area contributed by atoms with Crippen LogP contribution in [-0.2, 0) is 4.79 Å². The minimum Gasteiger partial charge on any atom is -0.366 e. The van der Waals surface area contributed by atoms with Crippen LogP contribution in [0.4, 0.5) is 5.95 Å². The van der Waals surface area contributed by atoms with Crippen molar-refractivity contribution in [2.24, 2.45) is 5.73 Å². The van der Waals surface area contributed by atoms with Gasteiger partial charge in [-0.2, -0.15) is 4.98 Å². The highest BCUT2D eigenvalue weighted by atomic mass is 79.9. The molecule has 4 rings (SSSR count). The molecule has 1 aliphatic rings. The number of fused-ring (bicyclic) bond motifs is 1. The van der Waals surface area contributed by atoms with E-state index in [1.807, 2.05) is 61.5 Å². The molecule has 1 amide bonds. The molecule has 26 heavy (non-hydrogen) atoms. The lowest BCUT2D eigenvalue weighted by molar-refractivity contribution is -0.115. The van der Waals surface area contributed by atoms with Crippen molar-refractivity contribution in [3.63, 3.8) is 0 Å². The van der Waals surface area contributed by atoms with E-state index in [4.69, 9.17) is 5.73 Å². The van der Waals surface area contributed by atoms with Gasteiger partial charge in [0, 0.05) is 15.7 Å². The molecule has 1 atom stereocenters. The molecule has 0 bridgehead atoms. The van der Waals surface area contributed by atoms with E-state index in [1.165, 1.54) is 0 Å². The molecule has 130 valence electrons. The molecule has 2 aromatic carbocycles. The molecular weight excluding hydrogens is 394 g/mol. The minimum atomic E-state index is -0.481. The normalized spacial score (nSPS) is 16.2. The summed E-state index contributed by atoms with van der Waals surface area (Å²) in [5.74, 6) is 0.693. The molecule has 1 aromatic heterocycles. The molecule has 7 heteroatoms. The summed E-state index contributed by atoms with van der Waals surface area (Å²) in [4.78, 5) is 16.8. The number of rotatable bonds is 3. The summed E-state index contributed by atoms with van der Waals surface area (Å²) in [5, 5.41) is 7.81. The highest BCUT2D eigenvalue weighted by molar-refractivity contribution is 9.10. The summed E-state index contributed by atoms with van der Waals surface area (Å²) in [6.07, 6.45) is 0. The minimum absolute atomic E-state index is 0.429. The van der Waals surface area contributed by atoms with Crippen molar-refractivity contribution in [1.82, 2.24) is 14.8 Å². The summed E-state index contributed by atoms with van der Waals surface area (Å²) < 4.78 is 2.68. The number of benzene rings is 2. The van der Waals surface area contributed by atoms with E-state index in [-0.39, 0.29) is 0 Å². The summed E-state index contributed by atoms with van der Waals surface area (Å²) in [5.41, 5.74) is 8.66. The van der Waals surface area contributed by atoms with Gasteiger partial charge >= 0.3 is 0 Å². The lowest BCUT2D eigenvalue weighted by atomic mass is 9.95. The number of halogens is 1. The van der Waals surface area contributed by atoms with E-state index in [0.717, 1.165) is 15.6 Å². The van der Waals surface area contributed by atoms with E-state index < -0.39 is 11.9 Å². The molecule has 3 N–H and O–H groups in total. The molecule has 0 fully saturated rings. The van der Waals surface area contributed by atoms with Crippen molar-refractivity contribution in [2.75, 3.05) is 5.32 Å². The average Bonchev–Trinajstić information content (AvgIpc) is 3.05. The summed E-state index contributed by atoms with van der Waals surface area (Å²) in [6, 6.07) is 17.0. The maximum atomic E-state index is 12.2. The molecule has 0 saturated carbocycles. The summed E-state index contributed by atoms with van der Waals surface area (Å²) >= 11 is 3.44. The molecule has 0 aliphatic carbocycles. The van der Waals surface area contributed by atoms with Crippen LogP contribution in [0.25, 0.3) is 11.4 Å². The molecule has 0 saturated heterocycles. The number of carbonyl (C=O) groups is 1. The molecule has 6 nitrogen and oxygen atoms in total. The zero-order valence-electron chi connectivity index (χ0n) is 14.0. The van der Waals surface area contributed by atoms with Gasteiger partial charge in [-0.1, -0.05) is 58.4 Å². The van der Waals surface area contributed by atoms with E-state index in [1.54, 1.807) is 4.68 Å². The molecule has 1 aliphatic heterocycles. The summed E-state index contributed by atoms with van der Waals surface area (Å²) in [6.45, 7) is 1.83. The maximum Gasteiger partial charge on any atom is 0.248 e. The number of nitrogens with zero attached hydrogens (tertiary/aromatic N) is 3. The number of hydrogen-bond donors (Lipinski definition) is 2. The fourth-order valence-electron chi connectivity index (χ4n) is 3.13. The number of carbonyl (C=O) groups excluding carboxylic acids is 1. The molecule has 0 spiro atoms. The Bertz CT molecular complexity index is 1010. The van der Waals surface area contributed by atoms with Crippen molar-refractivity contribution in [2.45, 2.75) is 13.0 Å². The summed E-state index contributed by atoms with van der Waals surface area (Å²) in [7, 11) is 0. The van der Waals surface area contributed by atoms with Crippen LogP contribution < -0.4 is 11.1 Å². The molecule has 2 heterocycles. The van der Waals surface area contributed by atoms with Gasteiger partial charge in [0.15, 0.2) is 5.82 Å². The Labute approximate surface area is 158 Å². The first-order chi connectivity index (χ1) is 12.5. The molecule has 0 unspecified atom stereocenters. The van der Waals surface area contributed by atoms with Gasteiger partial charge in [0.2, 0.25) is 11.9 Å². The number of nitrogens with two attached hydrogens (primary N) is 1. The van der Waals surface area contributed by atoms with Crippen LogP contribution in [0.5, 0.6) is 0 Å². The van der Waals surface area contributed by atoms with Crippen LogP contribution in [0, 0.1) is 0 Å². The van der Waals surface area contributed by atoms with Crippen LogP contribution in [0.1, 0.15) is 18.5 Å². The molecular formula is C19H16BrN5O. The van der Waals surface area contributed by atoms with Gasteiger partial charge in [0.05, 0.1) is 5.57 Å². The first kappa shape index (κ1) is 16.5. The number of primary amides is 1. The van der Waals surface area contributed by atoms with Crippen molar-refractivity contribution in [3.05, 3.63) is 75.9 Å². The standard InChI is InChI=1S/C19H16BrN5O/c1-11-15(17(21)26)16(12-7-9-14(20)10-8-12)25-19(22-11)23-18(24-25)13-5-3-2-4-6-13/h2-10,16H,1H3,(H2,21,26)(H,22,23,24)/t16-/m0/s1. The van der Waals surface area contributed by atoms with Gasteiger partial charge < -0.3 is 11.1 Å². The fraction of sp³-hybridized carbons (Fsp3) is 0.105. The highest BCUT2D eigenvalue weighted by Gasteiger charge is 2.33. The van der Waals surface area contributed by atoms with Gasteiger partial charge in [-0.3, -0.25) is 4.79 Å². The van der Waals surface area contributed by atoms with Gasteiger partial charge in [-0.25, -0.2) is 4.68 Å². The first-order valence-electron chi connectivity index (χ1n) is 8.09. The third kappa shape index (κ3) is 2.80. The second-order valence-electron chi connectivity index (χ2n) is 6.05. The molecule has 3 aromatic rings. The Morgan fingerprint density at radius 2 is 1.85 bits per heavy atom. The smallest absolute Gasteiger partial charge is 0.248 e. The van der Waals surface area contributed by atoms with Crippen LogP contribution in [0.3, 0.4) is 0 Å².